The van der Waals surface area contributed by atoms with Crippen molar-refractivity contribution in [1.29, 1.82) is 0 Å². The van der Waals surface area contributed by atoms with E-state index < -0.39 is 0 Å². The van der Waals surface area contributed by atoms with Gasteiger partial charge in [-0.1, -0.05) is 18.0 Å². The summed E-state index contributed by atoms with van der Waals surface area (Å²) in [7, 11) is 0. The molecule has 3 N–H and O–H groups in total. The van der Waals surface area contributed by atoms with Gasteiger partial charge in [-0.2, -0.15) is 0 Å². The quantitative estimate of drug-likeness (QED) is 0.332. The molecule has 1 aliphatic carbocycles. The molecule has 0 aromatic rings. The summed E-state index contributed by atoms with van der Waals surface area (Å²) in [6.07, 6.45) is 8.75. The molecule has 16 heavy (non-hydrogen) atoms. The van der Waals surface area contributed by atoms with Gasteiger partial charge in [0, 0.05) is 12.5 Å². The molecular weight excluding hydrogens is 202 g/mol. The highest BCUT2D eigenvalue weighted by Gasteiger charge is 2.34. The molecular formula is C12H23N3O. The number of hydrogen-bond acceptors (Lipinski definition) is 3. The standard InChI is InChI=1S/C12H23N3O/c13-12(14-16)6-3-8-15-9-7-10-4-1-2-5-11(10)15/h10-11,16H,1-9H2,(H2,13,14). The normalized spacial score (nSPS) is 31.6. The molecule has 0 radical (unpaired) electrons. The van der Waals surface area contributed by atoms with E-state index in [1.54, 1.807) is 0 Å². The highest BCUT2D eigenvalue weighted by molar-refractivity contribution is 5.79. The van der Waals surface area contributed by atoms with Gasteiger partial charge in [0.2, 0.25) is 0 Å². The van der Waals surface area contributed by atoms with Gasteiger partial charge in [0.25, 0.3) is 0 Å². The van der Waals surface area contributed by atoms with Gasteiger partial charge in [-0.25, -0.2) is 0 Å². The third-order valence-corrected chi connectivity index (χ3v) is 4.13. The number of likely N-dealkylation sites (tertiary alicyclic amines) is 1. The van der Waals surface area contributed by atoms with Crippen LogP contribution in [0.1, 0.15) is 44.9 Å². The second-order valence-corrected chi connectivity index (χ2v) is 5.13. The predicted octanol–water partition coefficient (Wildman–Crippen LogP) is 1.78. The van der Waals surface area contributed by atoms with E-state index in [2.05, 4.69) is 10.1 Å². The largest absolute Gasteiger partial charge is 0.409 e. The molecule has 2 fully saturated rings. The van der Waals surface area contributed by atoms with Crippen molar-refractivity contribution in [2.24, 2.45) is 16.8 Å². The van der Waals surface area contributed by atoms with E-state index in [1.807, 2.05) is 0 Å². The molecule has 1 saturated heterocycles. The Morgan fingerprint density at radius 1 is 1.31 bits per heavy atom. The average Bonchev–Trinajstić information content (AvgIpc) is 2.73. The fraction of sp³-hybridized carbons (Fsp3) is 0.917. The van der Waals surface area contributed by atoms with Crippen LogP contribution in [0.25, 0.3) is 0 Å². The number of oxime groups is 1. The minimum atomic E-state index is 0.361. The Hall–Kier alpha value is -0.770. The highest BCUT2D eigenvalue weighted by atomic mass is 16.4. The van der Waals surface area contributed by atoms with Gasteiger partial charge in [-0.15, -0.1) is 0 Å². The van der Waals surface area contributed by atoms with Gasteiger partial charge in [0.05, 0.1) is 0 Å². The first-order valence-electron chi connectivity index (χ1n) is 6.51. The molecule has 0 amide bonds. The summed E-state index contributed by atoms with van der Waals surface area (Å²) in [6, 6.07) is 0.834. The van der Waals surface area contributed by atoms with Crippen molar-refractivity contribution < 1.29 is 5.21 Å². The third kappa shape index (κ3) is 2.67. The van der Waals surface area contributed by atoms with Gasteiger partial charge in [0.1, 0.15) is 5.84 Å². The summed E-state index contributed by atoms with van der Waals surface area (Å²) in [5.41, 5.74) is 5.47. The maximum atomic E-state index is 8.46. The third-order valence-electron chi connectivity index (χ3n) is 4.13. The van der Waals surface area contributed by atoms with E-state index in [0.717, 1.165) is 24.9 Å². The fourth-order valence-corrected chi connectivity index (χ4v) is 3.29. The number of hydrogen-bond donors (Lipinski definition) is 2. The van der Waals surface area contributed by atoms with Crippen LogP contribution in [0.15, 0.2) is 5.16 Å². The molecule has 1 saturated carbocycles. The van der Waals surface area contributed by atoms with E-state index in [1.165, 1.54) is 38.6 Å². The highest BCUT2D eigenvalue weighted by Crippen LogP contribution is 2.35. The molecule has 4 heteroatoms. The van der Waals surface area contributed by atoms with Crippen molar-refractivity contribution in [2.45, 2.75) is 51.0 Å². The number of fused-ring (bicyclic) bond motifs is 1. The van der Waals surface area contributed by atoms with E-state index in [-0.39, 0.29) is 0 Å². The zero-order chi connectivity index (χ0) is 11.4. The monoisotopic (exact) mass is 225 g/mol. The molecule has 2 atom stereocenters. The van der Waals surface area contributed by atoms with E-state index >= 15 is 0 Å². The number of nitrogens with zero attached hydrogens (tertiary/aromatic N) is 2. The summed E-state index contributed by atoms with van der Waals surface area (Å²) >= 11 is 0. The fourth-order valence-electron chi connectivity index (χ4n) is 3.29. The Labute approximate surface area is 97.5 Å². The van der Waals surface area contributed by atoms with Crippen LogP contribution in [0.5, 0.6) is 0 Å². The first-order chi connectivity index (χ1) is 7.81. The Kier molecular flexibility index (Phi) is 4.04. The summed E-state index contributed by atoms with van der Waals surface area (Å²) < 4.78 is 0. The summed E-state index contributed by atoms with van der Waals surface area (Å²) in [4.78, 5) is 2.62. The Balaban J connectivity index is 1.73. The molecule has 0 spiro atoms. The Bertz CT molecular complexity index is 255. The predicted molar refractivity (Wildman–Crippen MR) is 64.6 cm³/mol. The lowest BCUT2D eigenvalue weighted by Gasteiger charge is -2.31. The van der Waals surface area contributed by atoms with Crippen LogP contribution in [0.4, 0.5) is 0 Å². The van der Waals surface area contributed by atoms with Crippen LogP contribution in [-0.4, -0.2) is 35.1 Å². The van der Waals surface area contributed by atoms with Gasteiger partial charge >= 0.3 is 0 Å². The smallest absolute Gasteiger partial charge is 0.139 e. The molecule has 4 nitrogen and oxygen atoms in total. The molecule has 0 aromatic heterocycles. The van der Waals surface area contributed by atoms with Crippen LogP contribution in [0.2, 0.25) is 0 Å². The lowest BCUT2D eigenvalue weighted by atomic mass is 9.85. The van der Waals surface area contributed by atoms with Crippen molar-refractivity contribution in [3.63, 3.8) is 0 Å². The Morgan fingerprint density at radius 2 is 2.12 bits per heavy atom. The van der Waals surface area contributed by atoms with Crippen molar-refractivity contribution in [3.8, 4) is 0 Å². The van der Waals surface area contributed by atoms with E-state index in [4.69, 9.17) is 10.9 Å². The molecule has 2 rings (SSSR count). The zero-order valence-electron chi connectivity index (χ0n) is 9.94. The first-order valence-corrected chi connectivity index (χ1v) is 6.51. The maximum Gasteiger partial charge on any atom is 0.139 e. The van der Waals surface area contributed by atoms with E-state index in [9.17, 15) is 0 Å². The van der Waals surface area contributed by atoms with Crippen molar-refractivity contribution >= 4 is 5.84 Å². The molecule has 0 aromatic carbocycles. The van der Waals surface area contributed by atoms with Crippen molar-refractivity contribution in [2.75, 3.05) is 13.1 Å². The molecule has 2 unspecified atom stereocenters. The second-order valence-electron chi connectivity index (χ2n) is 5.13. The van der Waals surface area contributed by atoms with Crippen LogP contribution in [-0.2, 0) is 0 Å². The van der Waals surface area contributed by atoms with Gasteiger partial charge in [-0.05, 0) is 44.7 Å². The van der Waals surface area contributed by atoms with Crippen molar-refractivity contribution in [3.05, 3.63) is 0 Å². The van der Waals surface area contributed by atoms with Gasteiger partial charge in [0.15, 0.2) is 0 Å². The minimum Gasteiger partial charge on any atom is -0.409 e. The minimum absolute atomic E-state index is 0.361. The summed E-state index contributed by atoms with van der Waals surface area (Å²) in [5.74, 6) is 1.32. The average molecular weight is 225 g/mol. The topological polar surface area (TPSA) is 61.8 Å². The lowest BCUT2D eigenvalue weighted by Crippen LogP contribution is -2.35. The molecule has 0 bridgehead atoms. The molecule has 92 valence electrons. The molecule has 1 aliphatic heterocycles. The van der Waals surface area contributed by atoms with Crippen LogP contribution < -0.4 is 5.73 Å². The van der Waals surface area contributed by atoms with Crippen LogP contribution in [0.3, 0.4) is 0 Å². The van der Waals surface area contributed by atoms with Gasteiger partial charge in [-0.3, -0.25) is 0 Å². The summed E-state index contributed by atoms with van der Waals surface area (Å²) in [6.45, 7) is 2.36. The Morgan fingerprint density at radius 3 is 2.94 bits per heavy atom. The van der Waals surface area contributed by atoms with Gasteiger partial charge < -0.3 is 15.8 Å². The van der Waals surface area contributed by atoms with E-state index in [0.29, 0.717) is 12.3 Å². The lowest BCUT2D eigenvalue weighted by molar-refractivity contribution is 0.181. The number of rotatable bonds is 4. The SMILES string of the molecule is NC(CCCN1CCC2CCCCC21)=NO. The van der Waals surface area contributed by atoms with Crippen molar-refractivity contribution in [1.82, 2.24) is 4.90 Å². The van der Waals surface area contributed by atoms with Crippen LogP contribution in [0, 0.1) is 5.92 Å². The number of nitrogens with two attached hydrogens (primary N) is 1. The first kappa shape index (κ1) is 11.7. The zero-order valence-corrected chi connectivity index (χ0v) is 9.94. The maximum absolute atomic E-state index is 8.46. The molecule has 1 heterocycles. The summed E-state index contributed by atoms with van der Waals surface area (Å²) in [5, 5.41) is 11.5. The molecule has 2 aliphatic rings. The van der Waals surface area contributed by atoms with Crippen LogP contribution >= 0.6 is 0 Å². The number of amidine groups is 1. The second kappa shape index (κ2) is 5.53.